The molecule has 0 saturated carbocycles. The normalized spacial score (nSPS) is 17.3. The van der Waals surface area contributed by atoms with Crippen molar-refractivity contribution in [3.05, 3.63) is 69.4 Å². The van der Waals surface area contributed by atoms with Gasteiger partial charge in [0.1, 0.15) is 11.1 Å². The molecule has 9 heteroatoms. The molecule has 0 unspecified atom stereocenters. The zero-order valence-electron chi connectivity index (χ0n) is 19.2. The minimum Gasteiger partial charge on any atom is -0.381 e. The minimum absolute atomic E-state index is 0.159. The van der Waals surface area contributed by atoms with E-state index in [0.29, 0.717) is 37.6 Å². The van der Waals surface area contributed by atoms with Gasteiger partial charge in [0, 0.05) is 38.1 Å². The van der Waals surface area contributed by atoms with Gasteiger partial charge in [-0.25, -0.2) is 4.79 Å². The summed E-state index contributed by atoms with van der Waals surface area (Å²) >= 11 is 1.32. The molecule has 2 aliphatic rings. The van der Waals surface area contributed by atoms with Crippen LogP contribution in [0.25, 0.3) is 5.70 Å². The first-order valence-electron chi connectivity index (χ1n) is 11.3. The number of aliphatic hydroxyl groups excluding tert-OH is 1. The van der Waals surface area contributed by atoms with Crippen LogP contribution in [0.2, 0.25) is 0 Å². The molecule has 0 bridgehead atoms. The zero-order chi connectivity index (χ0) is 23.4. The maximum atomic E-state index is 12.7. The second-order valence-corrected chi connectivity index (χ2v) is 9.72. The smallest absolute Gasteiger partial charge is 0.318 e. The van der Waals surface area contributed by atoms with Crippen molar-refractivity contribution >= 4 is 23.5 Å². The first-order chi connectivity index (χ1) is 15.9. The van der Waals surface area contributed by atoms with E-state index in [1.165, 1.54) is 22.9 Å². The average Bonchev–Trinajstić information content (AvgIpc) is 2.81. The fourth-order valence-corrected chi connectivity index (χ4v) is 5.06. The number of urea groups is 1. The number of nitrogens with zero attached hydrogens (tertiary/aromatic N) is 4. The van der Waals surface area contributed by atoms with Crippen molar-refractivity contribution in [3.8, 4) is 0 Å². The quantitative estimate of drug-likeness (QED) is 0.631. The highest BCUT2D eigenvalue weighted by Gasteiger charge is 2.22. The largest absolute Gasteiger partial charge is 0.381 e. The Kier molecular flexibility index (Phi) is 7.52. The van der Waals surface area contributed by atoms with Gasteiger partial charge in [-0.05, 0) is 37.8 Å². The van der Waals surface area contributed by atoms with Crippen LogP contribution in [0.15, 0.2) is 41.3 Å². The van der Waals surface area contributed by atoms with E-state index in [2.05, 4.69) is 39.5 Å². The van der Waals surface area contributed by atoms with Crippen LogP contribution in [0.4, 0.5) is 4.79 Å². The minimum atomic E-state index is -0.575. The summed E-state index contributed by atoms with van der Waals surface area (Å²) in [6.07, 6.45) is 5.39. The molecule has 0 fully saturated rings. The maximum Gasteiger partial charge on any atom is 0.318 e. The average molecular weight is 470 g/mol. The summed E-state index contributed by atoms with van der Waals surface area (Å²) < 4.78 is 1.59. The van der Waals surface area contributed by atoms with Crippen molar-refractivity contribution < 1.29 is 9.90 Å². The van der Waals surface area contributed by atoms with E-state index >= 15 is 0 Å². The molecular weight excluding hydrogens is 438 g/mol. The molecule has 1 aromatic carbocycles. The first kappa shape index (κ1) is 23.5. The number of β-amino-alcohol motifs (C(OH)–C–C–N with tert-alkyl or cyclic N) is 1. The summed E-state index contributed by atoms with van der Waals surface area (Å²) in [5, 5.41) is 13.3. The van der Waals surface area contributed by atoms with Crippen molar-refractivity contribution in [2.24, 2.45) is 0 Å². The van der Waals surface area contributed by atoms with Crippen LogP contribution in [-0.4, -0.2) is 68.0 Å². The molecule has 0 saturated heterocycles. The summed E-state index contributed by atoms with van der Waals surface area (Å²) in [6, 6.07) is 8.24. The summed E-state index contributed by atoms with van der Waals surface area (Å²) in [4.78, 5) is 33.3. The Morgan fingerprint density at radius 2 is 2.00 bits per heavy atom. The van der Waals surface area contributed by atoms with Crippen LogP contribution in [0, 0.1) is 13.8 Å². The molecule has 3 heterocycles. The van der Waals surface area contributed by atoms with Gasteiger partial charge in [-0.2, -0.15) is 0 Å². The highest BCUT2D eigenvalue weighted by Crippen LogP contribution is 2.20. The van der Waals surface area contributed by atoms with Gasteiger partial charge in [-0.15, -0.1) is 11.8 Å². The number of aryl methyl sites for hydroxylation is 2. The molecule has 0 radical (unpaired) electrons. The number of benzene rings is 1. The Hall–Kier alpha value is -2.62. The Morgan fingerprint density at radius 3 is 2.82 bits per heavy atom. The molecule has 2 aliphatic heterocycles. The van der Waals surface area contributed by atoms with Crippen molar-refractivity contribution in [2.45, 2.75) is 38.7 Å². The first-order valence-corrected chi connectivity index (χ1v) is 12.3. The van der Waals surface area contributed by atoms with E-state index in [0.717, 1.165) is 30.9 Å². The third-order valence-corrected chi connectivity index (χ3v) is 6.88. The van der Waals surface area contributed by atoms with Crippen molar-refractivity contribution in [2.75, 3.05) is 32.1 Å². The second-order valence-electron chi connectivity index (χ2n) is 8.55. The molecule has 1 atom stereocenters. The van der Waals surface area contributed by atoms with E-state index in [4.69, 9.17) is 0 Å². The molecule has 33 heavy (non-hydrogen) atoms. The van der Waals surface area contributed by atoms with Crippen molar-refractivity contribution in [3.63, 3.8) is 0 Å². The zero-order valence-corrected chi connectivity index (χ0v) is 20.0. The number of carbonyl (C=O) groups excluding carboxylic acids is 1. The number of hydrogen-bond acceptors (Lipinski definition) is 6. The molecule has 8 nitrogen and oxygen atoms in total. The van der Waals surface area contributed by atoms with Crippen LogP contribution < -0.4 is 10.9 Å². The number of carbonyl (C=O) groups is 1. The van der Waals surface area contributed by atoms with Crippen molar-refractivity contribution in [1.29, 1.82) is 0 Å². The highest BCUT2D eigenvalue weighted by atomic mass is 32.2. The van der Waals surface area contributed by atoms with E-state index in [1.807, 2.05) is 13.0 Å². The SMILES string of the molecule is Cc1cn(C2=CCCN(C(=O)NCS[C@H](O)CN3CCc4ccccc4C3)C2)c(=O)c(C)n1. The number of rotatable bonds is 6. The lowest BCUT2D eigenvalue weighted by Crippen LogP contribution is -2.44. The van der Waals surface area contributed by atoms with Gasteiger partial charge in [-0.1, -0.05) is 30.3 Å². The van der Waals surface area contributed by atoms with Gasteiger partial charge in [-0.3, -0.25) is 19.2 Å². The fraction of sp³-hybridized carbons (Fsp3) is 0.458. The second kappa shape index (κ2) is 10.5. The Labute approximate surface area is 198 Å². The van der Waals surface area contributed by atoms with Crippen LogP contribution >= 0.6 is 11.8 Å². The number of aromatic nitrogens is 2. The summed E-state index contributed by atoms with van der Waals surface area (Å²) in [5.74, 6) is 0.327. The summed E-state index contributed by atoms with van der Waals surface area (Å²) in [6.45, 7) is 6.83. The topological polar surface area (TPSA) is 90.7 Å². The van der Waals surface area contributed by atoms with Gasteiger partial charge < -0.3 is 15.3 Å². The van der Waals surface area contributed by atoms with Crippen molar-refractivity contribution in [1.82, 2.24) is 24.7 Å². The third kappa shape index (κ3) is 5.85. The van der Waals surface area contributed by atoms with Crippen LogP contribution in [-0.2, 0) is 13.0 Å². The van der Waals surface area contributed by atoms with E-state index in [-0.39, 0.29) is 11.6 Å². The van der Waals surface area contributed by atoms with Gasteiger partial charge in [0.25, 0.3) is 5.56 Å². The molecule has 1 aromatic heterocycles. The number of hydrogen-bond donors (Lipinski definition) is 2. The van der Waals surface area contributed by atoms with Crippen LogP contribution in [0.1, 0.15) is 28.9 Å². The predicted molar refractivity (Wildman–Crippen MR) is 131 cm³/mol. The summed E-state index contributed by atoms with van der Waals surface area (Å²) in [7, 11) is 0. The van der Waals surface area contributed by atoms with E-state index in [9.17, 15) is 14.7 Å². The number of aliphatic hydroxyl groups is 1. The Morgan fingerprint density at radius 1 is 1.21 bits per heavy atom. The summed E-state index contributed by atoms with van der Waals surface area (Å²) in [5.41, 5.74) is 3.96. The molecule has 2 amide bonds. The van der Waals surface area contributed by atoms with E-state index < -0.39 is 5.44 Å². The molecule has 0 spiro atoms. The maximum absolute atomic E-state index is 12.7. The van der Waals surface area contributed by atoms with Gasteiger partial charge >= 0.3 is 6.03 Å². The molecule has 2 N–H and O–H groups in total. The molecule has 4 rings (SSSR count). The standard InChI is InChI=1S/C24H31N5O3S/c1-17-12-29(23(31)18(2)26-17)21-8-5-10-28(14-21)24(32)25-16-33-22(30)15-27-11-9-19-6-3-4-7-20(19)13-27/h3-4,6-8,12,22,30H,5,9-11,13-16H2,1-2H3,(H,25,32)/t22-/m0/s1. The van der Waals surface area contributed by atoms with Crippen LogP contribution in [0.5, 0.6) is 0 Å². The van der Waals surface area contributed by atoms with Gasteiger partial charge in [0.15, 0.2) is 0 Å². The molecular formula is C24H31N5O3S. The number of thioether (sulfide) groups is 1. The number of fused-ring (bicyclic) bond motifs is 1. The van der Waals surface area contributed by atoms with Gasteiger partial charge in [0.2, 0.25) is 0 Å². The molecule has 176 valence electrons. The van der Waals surface area contributed by atoms with Gasteiger partial charge in [0.05, 0.1) is 18.1 Å². The Balaban J connectivity index is 1.24. The Bertz CT molecular complexity index is 1100. The third-order valence-electron chi connectivity index (χ3n) is 6.04. The van der Waals surface area contributed by atoms with E-state index in [1.54, 1.807) is 22.6 Å². The lowest BCUT2D eigenvalue weighted by molar-refractivity contribution is 0.163. The molecule has 2 aromatic rings. The fourth-order valence-electron chi connectivity index (χ4n) is 4.34. The number of nitrogens with one attached hydrogen (secondary N) is 1. The lowest BCUT2D eigenvalue weighted by Gasteiger charge is -2.30. The highest BCUT2D eigenvalue weighted by molar-refractivity contribution is 7.99. The van der Waals surface area contributed by atoms with Crippen LogP contribution in [0.3, 0.4) is 0 Å². The monoisotopic (exact) mass is 469 g/mol. The molecule has 0 aliphatic carbocycles. The predicted octanol–water partition coefficient (Wildman–Crippen LogP) is 2.18. The number of amides is 2. The lowest BCUT2D eigenvalue weighted by atomic mass is 10.0.